The first-order valence-corrected chi connectivity index (χ1v) is 8.90. The Labute approximate surface area is 149 Å². The molecule has 0 saturated carbocycles. The fraction of sp³-hybridized carbons (Fsp3) is 0.500. The van der Waals surface area contributed by atoms with Crippen LogP contribution in [0.4, 0.5) is 0 Å². The fourth-order valence-electron chi connectivity index (χ4n) is 3.56. The number of carbonyl (C=O) groups is 1. The smallest absolute Gasteiger partial charge is 0.223 e. The third-order valence-electron chi connectivity index (χ3n) is 5.10. The number of morpholine rings is 1. The second kappa shape index (κ2) is 7.40. The molecule has 1 aromatic heterocycles. The Morgan fingerprint density at radius 3 is 2.60 bits per heavy atom. The van der Waals surface area contributed by atoms with Gasteiger partial charge in [-0.2, -0.15) is 5.10 Å². The summed E-state index contributed by atoms with van der Waals surface area (Å²) in [6, 6.07) is 8.37. The van der Waals surface area contributed by atoms with Crippen LogP contribution in [0.1, 0.15) is 40.5 Å². The number of rotatable bonds is 4. The van der Waals surface area contributed by atoms with E-state index in [1.807, 2.05) is 23.6 Å². The first-order valence-electron chi connectivity index (χ1n) is 8.90. The number of amides is 1. The largest absolute Gasteiger partial charge is 0.377 e. The molecule has 3 rings (SSSR count). The van der Waals surface area contributed by atoms with Gasteiger partial charge in [-0.3, -0.25) is 9.48 Å². The average molecular weight is 341 g/mol. The van der Waals surface area contributed by atoms with Crippen LogP contribution in [0.3, 0.4) is 0 Å². The van der Waals surface area contributed by atoms with Crippen LogP contribution in [-0.2, 0) is 23.0 Å². The number of nitrogens with zero attached hydrogens (tertiary/aromatic N) is 3. The van der Waals surface area contributed by atoms with Crippen molar-refractivity contribution >= 4 is 5.91 Å². The number of hydrogen-bond donors (Lipinski definition) is 0. The van der Waals surface area contributed by atoms with Crippen LogP contribution in [0.2, 0.25) is 0 Å². The van der Waals surface area contributed by atoms with Gasteiger partial charge in [0.1, 0.15) is 0 Å². The summed E-state index contributed by atoms with van der Waals surface area (Å²) < 4.78 is 7.56. The molecule has 0 bridgehead atoms. The Hall–Kier alpha value is -2.14. The van der Waals surface area contributed by atoms with Gasteiger partial charge < -0.3 is 9.64 Å². The number of aromatic nitrogens is 2. The Kier molecular flexibility index (Phi) is 5.23. The SMILES string of the molecule is Cc1ccc(CCC(=O)N2CCOC[C@@H]2c2c(C)nn(C)c2C)cc1. The molecule has 1 saturated heterocycles. The van der Waals surface area contributed by atoms with Crippen molar-refractivity contribution in [2.45, 2.75) is 39.7 Å². The molecule has 1 aromatic carbocycles. The predicted molar refractivity (Wildman–Crippen MR) is 97.5 cm³/mol. The van der Waals surface area contributed by atoms with Crippen molar-refractivity contribution in [2.24, 2.45) is 7.05 Å². The van der Waals surface area contributed by atoms with Crippen LogP contribution in [0.25, 0.3) is 0 Å². The van der Waals surface area contributed by atoms with E-state index in [2.05, 4.69) is 43.2 Å². The summed E-state index contributed by atoms with van der Waals surface area (Å²) >= 11 is 0. The standard InChI is InChI=1S/C20H27N3O2/c1-14-5-7-17(8-6-14)9-10-19(24)23-11-12-25-13-18(23)20-15(2)21-22(4)16(20)3/h5-8,18H,9-13H2,1-4H3/t18-/m1/s1. The van der Waals surface area contributed by atoms with Gasteiger partial charge in [0.15, 0.2) is 0 Å². The predicted octanol–water partition coefficient (Wildman–Crippen LogP) is 2.88. The lowest BCUT2D eigenvalue weighted by Gasteiger charge is -2.36. The lowest BCUT2D eigenvalue weighted by molar-refractivity contribution is -0.140. The Morgan fingerprint density at radius 2 is 1.96 bits per heavy atom. The van der Waals surface area contributed by atoms with Gasteiger partial charge >= 0.3 is 0 Å². The molecule has 1 amide bonds. The molecule has 0 N–H and O–H groups in total. The number of benzene rings is 1. The molecule has 2 aromatic rings. The van der Waals surface area contributed by atoms with Gasteiger partial charge in [-0.15, -0.1) is 0 Å². The molecule has 0 spiro atoms. The summed E-state index contributed by atoms with van der Waals surface area (Å²) in [5, 5.41) is 4.50. The van der Waals surface area contributed by atoms with E-state index in [-0.39, 0.29) is 11.9 Å². The fourth-order valence-corrected chi connectivity index (χ4v) is 3.56. The molecule has 1 aliphatic rings. The quantitative estimate of drug-likeness (QED) is 0.859. The Morgan fingerprint density at radius 1 is 1.24 bits per heavy atom. The van der Waals surface area contributed by atoms with E-state index < -0.39 is 0 Å². The van der Waals surface area contributed by atoms with Crippen molar-refractivity contribution in [1.82, 2.24) is 14.7 Å². The second-order valence-corrected chi connectivity index (χ2v) is 6.87. The minimum Gasteiger partial charge on any atom is -0.377 e. The molecular formula is C20H27N3O2. The van der Waals surface area contributed by atoms with Crippen molar-refractivity contribution < 1.29 is 9.53 Å². The van der Waals surface area contributed by atoms with Gasteiger partial charge in [0.25, 0.3) is 0 Å². The van der Waals surface area contributed by atoms with Gasteiger partial charge in [-0.25, -0.2) is 0 Å². The summed E-state index contributed by atoms with van der Waals surface area (Å²) in [5.41, 5.74) is 5.66. The molecule has 1 fully saturated rings. The van der Waals surface area contributed by atoms with Crippen molar-refractivity contribution in [3.8, 4) is 0 Å². The average Bonchev–Trinajstić information content (AvgIpc) is 2.86. The van der Waals surface area contributed by atoms with Gasteiger partial charge in [-0.1, -0.05) is 29.8 Å². The third kappa shape index (κ3) is 3.76. The third-order valence-corrected chi connectivity index (χ3v) is 5.10. The Bertz CT molecular complexity index is 749. The Balaban J connectivity index is 1.74. The van der Waals surface area contributed by atoms with E-state index in [0.29, 0.717) is 26.2 Å². The van der Waals surface area contributed by atoms with E-state index >= 15 is 0 Å². The molecule has 0 unspecified atom stereocenters. The van der Waals surface area contributed by atoms with Crippen LogP contribution >= 0.6 is 0 Å². The topological polar surface area (TPSA) is 47.4 Å². The highest BCUT2D eigenvalue weighted by atomic mass is 16.5. The zero-order chi connectivity index (χ0) is 18.0. The molecule has 1 aliphatic heterocycles. The summed E-state index contributed by atoms with van der Waals surface area (Å²) in [6.45, 7) is 7.93. The lowest BCUT2D eigenvalue weighted by atomic mass is 10.0. The van der Waals surface area contributed by atoms with E-state index in [1.165, 1.54) is 11.1 Å². The molecule has 1 atom stereocenters. The summed E-state index contributed by atoms with van der Waals surface area (Å²) in [7, 11) is 1.94. The molecular weight excluding hydrogens is 314 g/mol. The minimum atomic E-state index is -0.0343. The summed E-state index contributed by atoms with van der Waals surface area (Å²) in [6.07, 6.45) is 1.30. The van der Waals surface area contributed by atoms with Crippen molar-refractivity contribution in [3.63, 3.8) is 0 Å². The van der Waals surface area contributed by atoms with Gasteiger partial charge in [-0.05, 0) is 32.8 Å². The van der Waals surface area contributed by atoms with E-state index in [1.54, 1.807) is 0 Å². The van der Waals surface area contributed by atoms with E-state index in [9.17, 15) is 4.79 Å². The zero-order valence-corrected chi connectivity index (χ0v) is 15.6. The number of aryl methyl sites for hydroxylation is 4. The maximum atomic E-state index is 12.9. The zero-order valence-electron chi connectivity index (χ0n) is 15.6. The molecule has 25 heavy (non-hydrogen) atoms. The summed E-state index contributed by atoms with van der Waals surface area (Å²) in [5.74, 6) is 0.191. The van der Waals surface area contributed by atoms with E-state index in [0.717, 1.165) is 23.4 Å². The van der Waals surface area contributed by atoms with Crippen LogP contribution in [0.5, 0.6) is 0 Å². The maximum absolute atomic E-state index is 12.9. The van der Waals surface area contributed by atoms with Crippen LogP contribution in [0, 0.1) is 20.8 Å². The molecule has 5 nitrogen and oxygen atoms in total. The van der Waals surface area contributed by atoms with Crippen molar-refractivity contribution in [1.29, 1.82) is 0 Å². The molecule has 0 aliphatic carbocycles. The van der Waals surface area contributed by atoms with Crippen molar-refractivity contribution in [2.75, 3.05) is 19.8 Å². The number of ether oxygens (including phenoxy) is 1. The highest BCUT2D eigenvalue weighted by molar-refractivity contribution is 5.77. The monoisotopic (exact) mass is 341 g/mol. The van der Waals surface area contributed by atoms with Gasteiger partial charge in [0.05, 0.1) is 24.9 Å². The highest BCUT2D eigenvalue weighted by Gasteiger charge is 2.32. The van der Waals surface area contributed by atoms with Crippen LogP contribution in [-0.4, -0.2) is 40.3 Å². The first-order chi connectivity index (χ1) is 12.0. The first kappa shape index (κ1) is 17.7. The molecule has 5 heteroatoms. The molecule has 2 heterocycles. The normalized spacial score (nSPS) is 17.8. The van der Waals surface area contributed by atoms with Gasteiger partial charge in [0, 0.05) is 31.3 Å². The number of hydrogen-bond acceptors (Lipinski definition) is 3. The van der Waals surface area contributed by atoms with Crippen LogP contribution < -0.4 is 0 Å². The second-order valence-electron chi connectivity index (χ2n) is 6.87. The summed E-state index contributed by atoms with van der Waals surface area (Å²) in [4.78, 5) is 14.9. The van der Waals surface area contributed by atoms with E-state index in [4.69, 9.17) is 4.74 Å². The molecule has 134 valence electrons. The van der Waals surface area contributed by atoms with Gasteiger partial charge in [0.2, 0.25) is 5.91 Å². The molecule has 0 radical (unpaired) electrons. The maximum Gasteiger partial charge on any atom is 0.223 e. The number of carbonyl (C=O) groups excluding carboxylic acids is 1. The highest BCUT2D eigenvalue weighted by Crippen LogP contribution is 2.29. The van der Waals surface area contributed by atoms with Crippen LogP contribution in [0.15, 0.2) is 24.3 Å². The van der Waals surface area contributed by atoms with Crippen molar-refractivity contribution in [3.05, 3.63) is 52.3 Å². The lowest BCUT2D eigenvalue weighted by Crippen LogP contribution is -2.43. The minimum absolute atomic E-state index is 0.0343.